The van der Waals surface area contributed by atoms with Crippen molar-refractivity contribution in [2.75, 3.05) is 18.6 Å². The fourth-order valence-electron chi connectivity index (χ4n) is 0.414. The van der Waals surface area contributed by atoms with Crippen molar-refractivity contribution in [3.8, 4) is 0 Å². The van der Waals surface area contributed by atoms with Gasteiger partial charge in [-0.25, -0.2) is 13.2 Å². The largest absolute Gasteiger partial charge is 0.463 e. The molecule has 1 N–H and O–H groups in total. The molecule has 1 atom stereocenters. The molecule has 0 amide bonds. The van der Waals surface area contributed by atoms with Gasteiger partial charge in [-0.15, -0.1) is 0 Å². The van der Waals surface area contributed by atoms with Gasteiger partial charge in [0.2, 0.25) is 0 Å². The van der Waals surface area contributed by atoms with Crippen LogP contribution in [0, 0.1) is 0 Å². The molecule has 0 fully saturated rings. The van der Waals surface area contributed by atoms with E-state index in [1.165, 1.54) is 6.92 Å². The molecule has 0 spiro atoms. The Morgan fingerprint density at radius 1 is 1.58 bits per heavy atom. The van der Waals surface area contributed by atoms with Crippen molar-refractivity contribution in [3.05, 3.63) is 0 Å². The van der Waals surface area contributed by atoms with Gasteiger partial charge in [-0.2, -0.15) is 0 Å². The summed E-state index contributed by atoms with van der Waals surface area (Å²) < 4.78 is 25.5. The minimum absolute atomic E-state index is 0.206. The van der Waals surface area contributed by atoms with Crippen LogP contribution in [-0.4, -0.2) is 44.2 Å². The molecule has 0 rings (SSSR count). The lowest BCUT2D eigenvalue weighted by Gasteiger charge is -2.04. The molecular weight excluding hydrogens is 184 g/mol. The average molecular weight is 196 g/mol. The lowest BCUT2D eigenvalue weighted by molar-refractivity contribution is -0.151. The summed E-state index contributed by atoms with van der Waals surface area (Å²) in [5.74, 6) is -1.02. The van der Waals surface area contributed by atoms with Gasteiger partial charge in [-0.05, 0) is 6.92 Å². The molecule has 0 bridgehead atoms. The molecule has 0 aromatic rings. The molecular formula is C6H12O5S. The van der Waals surface area contributed by atoms with Crippen molar-refractivity contribution < 1.29 is 23.1 Å². The van der Waals surface area contributed by atoms with Gasteiger partial charge < -0.3 is 9.84 Å². The zero-order valence-corrected chi connectivity index (χ0v) is 7.80. The van der Waals surface area contributed by atoms with E-state index in [1.807, 2.05) is 0 Å². The monoisotopic (exact) mass is 196 g/mol. The molecule has 6 heteroatoms. The third-order valence-electron chi connectivity index (χ3n) is 1.04. The molecule has 0 aliphatic carbocycles. The van der Waals surface area contributed by atoms with Crippen LogP contribution < -0.4 is 0 Å². The number of aliphatic hydroxyl groups is 1. The molecule has 0 radical (unpaired) electrons. The molecule has 0 heterocycles. The highest BCUT2D eigenvalue weighted by Gasteiger charge is 2.11. The Kier molecular flexibility index (Phi) is 4.19. The SMILES string of the molecule is CC(O)C(=O)OCCS(C)(=O)=O. The van der Waals surface area contributed by atoms with Gasteiger partial charge in [0.1, 0.15) is 12.7 Å². The quantitative estimate of drug-likeness (QED) is 0.580. The first-order valence-corrected chi connectivity index (χ1v) is 5.41. The summed E-state index contributed by atoms with van der Waals surface area (Å²) in [6, 6.07) is 0. The number of hydrogen-bond acceptors (Lipinski definition) is 5. The molecule has 0 aliphatic heterocycles. The second-order valence-corrected chi connectivity index (χ2v) is 4.73. The normalized spacial score (nSPS) is 13.9. The topological polar surface area (TPSA) is 80.7 Å². The van der Waals surface area contributed by atoms with E-state index in [1.54, 1.807) is 0 Å². The summed E-state index contributed by atoms with van der Waals surface area (Å²) in [6.45, 7) is 1.05. The highest BCUT2D eigenvalue weighted by molar-refractivity contribution is 7.90. The summed E-state index contributed by atoms with van der Waals surface area (Å²) in [4.78, 5) is 10.6. The highest BCUT2D eigenvalue weighted by Crippen LogP contribution is 1.89. The maximum Gasteiger partial charge on any atom is 0.334 e. The predicted molar refractivity (Wildman–Crippen MR) is 42.4 cm³/mol. The third-order valence-corrected chi connectivity index (χ3v) is 1.95. The van der Waals surface area contributed by atoms with Crippen LogP contribution in [-0.2, 0) is 19.4 Å². The van der Waals surface area contributed by atoms with E-state index in [9.17, 15) is 13.2 Å². The number of sulfone groups is 1. The maximum atomic E-state index is 10.6. The first-order valence-electron chi connectivity index (χ1n) is 3.35. The Bertz CT molecular complexity index is 241. The van der Waals surface area contributed by atoms with Crippen molar-refractivity contribution in [3.63, 3.8) is 0 Å². The average Bonchev–Trinajstić information content (AvgIpc) is 1.84. The van der Waals surface area contributed by atoms with Crippen LogP contribution in [0.1, 0.15) is 6.92 Å². The van der Waals surface area contributed by atoms with Gasteiger partial charge in [0.15, 0.2) is 9.84 Å². The summed E-state index contributed by atoms with van der Waals surface area (Å²) in [7, 11) is -3.10. The van der Waals surface area contributed by atoms with Crippen LogP contribution in [0.25, 0.3) is 0 Å². The molecule has 5 nitrogen and oxygen atoms in total. The fraction of sp³-hybridized carbons (Fsp3) is 0.833. The lowest BCUT2D eigenvalue weighted by Crippen LogP contribution is -2.22. The van der Waals surface area contributed by atoms with E-state index < -0.39 is 21.9 Å². The number of rotatable bonds is 4. The van der Waals surface area contributed by atoms with E-state index in [2.05, 4.69) is 4.74 Å². The van der Waals surface area contributed by atoms with E-state index in [0.717, 1.165) is 6.26 Å². The van der Waals surface area contributed by atoms with Crippen molar-refractivity contribution >= 4 is 15.8 Å². The molecule has 0 saturated heterocycles. The minimum atomic E-state index is -3.10. The Balaban J connectivity index is 3.66. The Morgan fingerprint density at radius 3 is 2.42 bits per heavy atom. The molecule has 12 heavy (non-hydrogen) atoms. The lowest BCUT2D eigenvalue weighted by atomic mass is 10.4. The van der Waals surface area contributed by atoms with Crippen molar-refractivity contribution in [2.45, 2.75) is 13.0 Å². The van der Waals surface area contributed by atoms with Crippen LogP contribution in [0.15, 0.2) is 0 Å². The van der Waals surface area contributed by atoms with E-state index >= 15 is 0 Å². The van der Waals surface area contributed by atoms with E-state index in [0.29, 0.717) is 0 Å². The van der Waals surface area contributed by atoms with Crippen LogP contribution in [0.2, 0.25) is 0 Å². The van der Waals surface area contributed by atoms with Crippen molar-refractivity contribution in [1.82, 2.24) is 0 Å². The standard InChI is InChI=1S/C6H12O5S/c1-5(7)6(8)11-3-4-12(2,9)10/h5,7H,3-4H2,1-2H3. The summed E-state index contributed by atoms with van der Waals surface area (Å²) in [5, 5.41) is 8.63. The fourth-order valence-corrected chi connectivity index (χ4v) is 0.800. The van der Waals surface area contributed by atoms with Gasteiger partial charge in [0.05, 0.1) is 5.75 Å². The van der Waals surface area contributed by atoms with Crippen molar-refractivity contribution in [1.29, 1.82) is 0 Å². The summed E-state index contributed by atoms with van der Waals surface area (Å²) in [6.07, 6.45) is -0.159. The zero-order valence-electron chi connectivity index (χ0n) is 6.98. The molecule has 0 saturated carbocycles. The highest BCUT2D eigenvalue weighted by atomic mass is 32.2. The minimum Gasteiger partial charge on any atom is -0.463 e. The van der Waals surface area contributed by atoms with E-state index in [-0.39, 0.29) is 12.4 Å². The first-order chi connectivity index (χ1) is 5.33. The van der Waals surface area contributed by atoms with Gasteiger partial charge in [-0.3, -0.25) is 0 Å². The Morgan fingerprint density at radius 2 is 2.08 bits per heavy atom. The molecule has 72 valence electrons. The number of carbonyl (C=O) groups excluding carboxylic acids is 1. The number of hydrogen-bond donors (Lipinski definition) is 1. The zero-order chi connectivity index (χ0) is 9.78. The smallest absolute Gasteiger partial charge is 0.334 e. The van der Waals surface area contributed by atoms with Gasteiger partial charge in [0.25, 0.3) is 0 Å². The van der Waals surface area contributed by atoms with Crippen molar-refractivity contribution in [2.24, 2.45) is 0 Å². The number of esters is 1. The Labute approximate surface area is 71.3 Å². The second kappa shape index (κ2) is 4.42. The first kappa shape index (κ1) is 11.4. The molecule has 0 aromatic carbocycles. The molecule has 0 aliphatic rings. The van der Waals surface area contributed by atoms with E-state index in [4.69, 9.17) is 5.11 Å². The number of carbonyl (C=O) groups is 1. The van der Waals surface area contributed by atoms with Crippen LogP contribution in [0.5, 0.6) is 0 Å². The summed E-state index contributed by atoms with van der Waals surface area (Å²) >= 11 is 0. The number of ether oxygens (including phenoxy) is 1. The maximum absolute atomic E-state index is 10.6. The molecule has 1 unspecified atom stereocenters. The number of aliphatic hydroxyl groups excluding tert-OH is 1. The van der Waals surface area contributed by atoms with Gasteiger partial charge in [0, 0.05) is 6.26 Å². The van der Waals surface area contributed by atoms with Crippen LogP contribution >= 0.6 is 0 Å². The van der Waals surface area contributed by atoms with Gasteiger partial charge >= 0.3 is 5.97 Å². The molecule has 0 aromatic heterocycles. The summed E-state index contributed by atoms with van der Waals surface area (Å²) in [5.41, 5.74) is 0. The van der Waals surface area contributed by atoms with Crippen LogP contribution in [0.3, 0.4) is 0 Å². The van der Waals surface area contributed by atoms with Crippen LogP contribution in [0.4, 0.5) is 0 Å². The Hall–Kier alpha value is -0.620. The third kappa shape index (κ3) is 6.11. The second-order valence-electron chi connectivity index (χ2n) is 2.47. The predicted octanol–water partition coefficient (Wildman–Crippen LogP) is -1.04. The van der Waals surface area contributed by atoms with Gasteiger partial charge in [-0.1, -0.05) is 0 Å².